The van der Waals surface area contributed by atoms with E-state index in [0.29, 0.717) is 11.4 Å². The van der Waals surface area contributed by atoms with Gasteiger partial charge < -0.3 is 10.1 Å². The molecule has 1 aromatic heterocycles. The lowest BCUT2D eigenvalue weighted by molar-refractivity contribution is -0.384. The first-order chi connectivity index (χ1) is 11.7. The van der Waals surface area contributed by atoms with Gasteiger partial charge in [-0.25, -0.2) is 4.79 Å². The standard InChI is InChI=1S/C15H15ClN4O5/c1-8-14(9(2)19(3)18-8)17-13(21)7-25-15(22)11-5-4-10(20(23)24)6-12(11)16/h4-6H,7H2,1-3H3,(H,17,21). The Labute approximate surface area is 147 Å². The number of nitrogens with zero attached hydrogens (tertiary/aromatic N) is 3. The number of halogens is 1. The average molecular weight is 367 g/mol. The van der Waals surface area contributed by atoms with E-state index in [0.717, 1.165) is 17.8 Å². The van der Waals surface area contributed by atoms with Gasteiger partial charge in [-0.2, -0.15) is 5.10 Å². The molecule has 0 radical (unpaired) electrons. The molecule has 1 heterocycles. The van der Waals surface area contributed by atoms with Gasteiger partial charge >= 0.3 is 5.97 Å². The third-order valence-corrected chi connectivity index (χ3v) is 3.80. The minimum atomic E-state index is -0.852. The Bertz CT molecular complexity index is 862. The molecule has 0 unspecified atom stereocenters. The summed E-state index contributed by atoms with van der Waals surface area (Å²) in [5.41, 5.74) is 1.64. The highest BCUT2D eigenvalue weighted by molar-refractivity contribution is 6.33. The van der Waals surface area contributed by atoms with E-state index in [1.807, 2.05) is 0 Å². The number of non-ortho nitro benzene ring substituents is 1. The molecule has 0 saturated heterocycles. The number of anilines is 1. The van der Waals surface area contributed by atoms with Gasteiger partial charge in [0.15, 0.2) is 6.61 Å². The van der Waals surface area contributed by atoms with Gasteiger partial charge in [-0.15, -0.1) is 0 Å². The number of benzene rings is 1. The second kappa shape index (κ2) is 7.31. The van der Waals surface area contributed by atoms with Crippen molar-refractivity contribution in [2.24, 2.45) is 7.05 Å². The van der Waals surface area contributed by atoms with Crippen LogP contribution in [0.1, 0.15) is 21.7 Å². The molecule has 1 N–H and O–H groups in total. The number of rotatable bonds is 5. The van der Waals surface area contributed by atoms with Crippen LogP contribution in [0.25, 0.3) is 0 Å². The predicted molar refractivity (Wildman–Crippen MR) is 89.7 cm³/mol. The number of carbonyl (C=O) groups excluding carboxylic acids is 2. The van der Waals surface area contributed by atoms with Crippen LogP contribution >= 0.6 is 11.6 Å². The topological polar surface area (TPSA) is 116 Å². The lowest BCUT2D eigenvalue weighted by atomic mass is 10.2. The number of hydrogen-bond acceptors (Lipinski definition) is 6. The van der Waals surface area contributed by atoms with Gasteiger partial charge in [-0.05, 0) is 19.9 Å². The summed E-state index contributed by atoms with van der Waals surface area (Å²) in [6, 6.07) is 3.35. The first kappa shape index (κ1) is 18.4. The van der Waals surface area contributed by atoms with Crippen molar-refractivity contribution < 1.29 is 19.2 Å². The maximum Gasteiger partial charge on any atom is 0.340 e. The van der Waals surface area contributed by atoms with E-state index >= 15 is 0 Å². The van der Waals surface area contributed by atoms with Crippen molar-refractivity contribution in [3.05, 3.63) is 50.3 Å². The molecule has 9 nitrogen and oxygen atoms in total. The largest absolute Gasteiger partial charge is 0.452 e. The summed E-state index contributed by atoms with van der Waals surface area (Å²) in [6.45, 7) is 3.00. The third kappa shape index (κ3) is 4.13. The second-order valence-electron chi connectivity index (χ2n) is 5.21. The molecule has 10 heteroatoms. The van der Waals surface area contributed by atoms with E-state index in [2.05, 4.69) is 10.4 Å². The maximum absolute atomic E-state index is 12.0. The Morgan fingerprint density at radius 3 is 2.60 bits per heavy atom. The average Bonchev–Trinajstić information content (AvgIpc) is 2.78. The molecule has 1 amide bonds. The molecule has 2 aromatic rings. The Morgan fingerprint density at radius 2 is 2.08 bits per heavy atom. The molecule has 0 saturated carbocycles. The van der Waals surface area contributed by atoms with Crippen molar-refractivity contribution in [2.75, 3.05) is 11.9 Å². The number of aryl methyl sites for hydroxylation is 2. The number of amides is 1. The fourth-order valence-corrected chi connectivity index (χ4v) is 2.37. The van der Waals surface area contributed by atoms with Crippen LogP contribution in [0.3, 0.4) is 0 Å². The lowest BCUT2D eigenvalue weighted by Crippen LogP contribution is -2.21. The van der Waals surface area contributed by atoms with Crippen LogP contribution < -0.4 is 5.32 Å². The Balaban J connectivity index is 2.00. The number of aromatic nitrogens is 2. The fraction of sp³-hybridized carbons (Fsp3) is 0.267. The van der Waals surface area contributed by atoms with E-state index in [-0.39, 0.29) is 16.3 Å². The van der Waals surface area contributed by atoms with Crippen molar-refractivity contribution in [2.45, 2.75) is 13.8 Å². The zero-order valence-corrected chi connectivity index (χ0v) is 14.5. The normalized spacial score (nSPS) is 10.4. The molecule has 132 valence electrons. The highest BCUT2D eigenvalue weighted by Gasteiger charge is 2.18. The lowest BCUT2D eigenvalue weighted by Gasteiger charge is -2.08. The number of nitrogens with one attached hydrogen (secondary N) is 1. The zero-order chi connectivity index (χ0) is 18.7. The number of nitro groups is 1. The highest BCUT2D eigenvalue weighted by atomic mass is 35.5. The molecule has 0 spiro atoms. The van der Waals surface area contributed by atoms with Crippen molar-refractivity contribution >= 4 is 34.9 Å². The molecule has 0 aliphatic heterocycles. The molecule has 0 bridgehead atoms. The maximum atomic E-state index is 12.0. The van der Waals surface area contributed by atoms with Crippen LogP contribution in [0.4, 0.5) is 11.4 Å². The van der Waals surface area contributed by atoms with E-state index in [1.165, 1.54) is 6.07 Å². The molecule has 0 fully saturated rings. The number of esters is 1. The van der Waals surface area contributed by atoms with Crippen LogP contribution in [-0.4, -0.2) is 33.2 Å². The van der Waals surface area contributed by atoms with Crippen LogP contribution in [0, 0.1) is 24.0 Å². The zero-order valence-electron chi connectivity index (χ0n) is 13.7. The molecule has 0 aliphatic rings. The van der Waals surface area contributed by atoms with E-state index in [4.69, 9.17) is 16.3 Å². The smallest absolute Gasteiger partial charge is 0.340 e. The minimum absolute atomic E-state index is 0.0613. The van der Waals surface area contributed by atoms with Crippen molar-refractivity contribution in [1.82, 2.24) is 9.78 Å². The van der Waals surface area contributed by atoms with Gasteiger partial charge in [0.1, 0.15) is 0 Å². The summed E-state index contributed by atoms with van der Waals surface area (Å²) in [7, 11) is 1.74. The number of nitro benzene ring substituents is 1. The van der Waals surface area contributed by atoms with E-state index < -0.39 is 23.4 Å². The molecule has 2 rings (SSSR count). The second-order valence-corrected chi connectivity index (χ2v) is 5.62. The quantitative estimate of drug-likeness (QED) is 0.493. The van der Waals surface area contributed by atoms with Crippen LogP contribution in [0.5, 0.6) is 0 Å². The van der Waals surface area contributed by atoms with E-state index in [1.54, 1.807) is 25.6 Å². The van der Waals surface area contributed by atoms with Crippen molar-refractivity contribution in [3.8, 4) is 0 Å². The van der Waals surface area contributed by atoms with Crippen LogP contribution in [0.15, 0.2) is 18.2 Å². The molecule has 25 heavy (non-hydrogen) atoms. The molecule has 0 atom stereocenters. The summed E-state index contributed by atoms with van der Waals surface area (Å²) in [4.78, 5) is 33.9. The summed E-state index contributed by atoms with van der Waals surface area (Å²) in [5.74, 6) is -1.39. The summed E-state index contributed by atoms with van der Waals surface area (Å²) in [6.07, 6.45) is 0. The predicted octanol–water partition coefficient (Wildman–Crippen LogP) is 2.39. The van der Waals surface area contributed by atoms with Gasteiger partial charge in [0.2, 0.25) is 0 Å². The summed E-state index contributed by atoms with van der Waals surface area (Å²) >= 11 is 5.84. The van der Waals surface area contributed by atoms with Crippen LogP contribution in [-0.2, 0) is 16.6 Å². The fourth-order valence-electron chi connectivity index (χ4n) is 2.12. The summed E-state index contributed by atoms with van der Waals surface area (Å²) in [5, 5.41) is 17.3. The number of ether oxygens (including phenoxy) is 1. The Hall–Kier alpha value is -2.94. The molecule has 1 aromatic carbocycles. The van der Waals surface area contributed by atoms with Gasteiger partial charge in [0.25, 0.3) is 11.6 Å². The molecule has 0 aliphatic carbocycles. The van der Waals surface area contributed by atoms with Gasteiger partial charge in [0.05, 0.1) is 32.6 Å². The van der Waals surface area contributed by atoms with Gasteiger partial charge in [0, 0.05) is 19.2 Å². The Kier molecular flexibility index (Phi) is 5.38. The highest BCUT2D eigenvalue weighted by Crippen LogP contribution is 2.23. The van der Waals surface area contributed by atoms with Gasteiger partial charge in [-0.3, -0.25) is 19.6 Å². The van der Waals surface area contributed by atoms with Crippen LogP contribution in [0.2, 0.25) is 5.02 Å². The third-order valence-electron chi connectivity index (χ3n) is 3.49. The first-order valence-electron chi connectivity index (χ1n) is 7.11. The van der Waals surface area contributed by atoms with Crippen molar-refractivity contribution in [1.29, 1.82) is 0 Å². The number of hydrogen-bond donors (Lipinski definition) is 1. The summed E-state index contributed by atoms with van der Waals surface area (Å²) < 4.78 is 6.52. The van der Waals surface area contributed by atoms with E-state index in [9.17, 15) is 19.7 Å². The number of carbonyl (C=O) groups is 2. The van der Waals surface area contributed by atoms with Crippen molar-refractivity contribution in [3.63, 3.8) is 0 Å². The Morgan fingerprint density at radius 1 is 1.40 bits per heavy atom. The minimum Gasteiger partial charge on any atom is -0.452 e. The molecular formula is C15H15ClN4O5. The monoisotopic (exact) mass is 366 g/mol. The molecular weight excluding hydrogens is 352 g/mol. The van der Waals surface area contributed by atoms with Gasteiger partial charge in [-0.1, -0.05) is 11.6 Å². The first-order valence-corrected chi connectivity index (χ1v) is 7.49. The SMILES string of the molecule is Cc1nn(C)c(C)c1NC(=O)COC(=O)c1ccc([N+](=O)[O-])cc1Cl.